The molecule has 1 aromatic heterocycles. The van der Waals surface area contributed by atoms with Gasteiger partial charge in [0.2, 0.25) is 0 Å². The van der Waals surface area contributed by atoms with E-state index in [1.807, 2.05) is 50.2 Å². The predicted molar refractivity (Wildman–Crippen MR) is 107 cm³/mol. The Hall–Kier alpha value is -3.06. The molecule has 4 rings (SSSR count). The lowest BCUT2D eigenvalue weighted by molar-refractivity contribution is 0.0340. The van der Waals surface area contributed by atoms with Crippen LogP contribution in [0.4, 0.5) is 10.5 Å². The van der Waals surface area contributed by atoms with E-state index in [-0.39, 0.29) is 6.09 Å². The van der Waals surface area contributed by atoms with E-state index in [0.29, 0.717) is 13.2 Å². The quantitative estimate of drug-likeness (QED) is 0.721. The number of imidazole rings is 1. The second-order valence-electron chi connectivity index (χ2n) is 7.22. The van der Waals surface area contributed by atoms with Crippen LogP contribution in [0.1, 0.15) is 19.4 Å². The Kier molecular flexibility index (Phi) is 4.47. The molecule has 0 fully saturated rings. The maximum absolute atomic E-state index is 12.5. The molecule has 0 radical (unpaired) electrons. The minimum Gasteiger partial charge on any atom is -0.497 e. The van der Waals surface area contributed by atoms with Crippen LogP contribution in [-0.2, 0) is 15.1 Å². The molecule has 2 heterocycles. The second kappa shape index (κ2) is 6.83. The van der Waals surface area contributed by atoms with Gasteiger partial charge in [-0.05, 0) is 50.2 Å². The molecule has 0 spiro atoms. The molecule has 0 atom stereocenters. The lowest BCUT2D eigenvalue weighted by Crippen LogP contribution is -2.44. The SMILES string of the molecule is COCCN1C(=O)OC(C)(C)c2cc3[nH]c(-c4ccc(OC)cc4)nc3cc21. The highest BCUT2D eigenvalue weighted by atomic mass is 16.6. The first-order valence-corrected chi connectivity index (χ1v) is 9.11. The number of aromatic nitrogens is 2. The van der Waals surface area contributed by atoms with Crippen molar-refractivity contribution >= 4 is 22.8 Å². The standard InChI is InChI=1S/C21H23N3O4/c1-21(2)15-11-16-17(12-18(15)24(9-10-26-3)20(25)28-21)23-19(22-16)13-5-7-14(27-4)8-6-13/h5-8,11-12H,9-10H2,1-4H3,(H,22,23). The normalized spacial score (nSPS) is 15.4. The van der Waals surface area contributed by atoms with Crippen LogP contribution in [0.15, 0.2) is 36.4 Å². The number of hydrogen-bond acceptors (Lipinski definition) is 5. The van der Waals surface area contributed by atoms with Gasteiger partial charge in [-0.25, -0.2) is 9.78 Å². The van der Waals surface area contributed by atoms with E-state index < -0.39 is 5.60 Å². The molecule has 1 amide bonds. The molecule has 7 heteroatoms. The van der Waals surface area contributed by atoms with Crippen molar-refractivity contribution < 1.29 is 19.0 Å². The van der Waals surface area contributed by atoms with E-state index in [9.17, 15) is 4.79 Å². The minimum atomic E-state index is -0.727. The summed E-state index contributed by atoms with van der Waals surface area (Å²) in [7, 11) is 3.25. The number of cyclic esters (lactones) is 1. The first kappa shape index (κ1) is 18.3. The molecule has 1 aliphatic rings. The smallest absolute Gasteiger partial charge is 0.415 e. The summed E-state index contributed by atoms with van der Waals surface area (Å²) in [5.41, 5.74) is 3.65. The lowest BCUT2D eigenvalue weighted by Gasteiger charge is -2.38. The van der Waals surface area contributed by atoms with Gasteiger partial charge in [0.05, 0.1) is 37.0 Å². The maximum Gasteiger partial charge on any atom is 0.415 e. The van der Waals surface area contributed by atoms with Crippen molar-refractivity contribution in [3.63, 3.8) is 0 Å². The van der Waals surface area contributed by atoms with E-state index in [2.05, 4.69) is 4.98 Å². The number of carbonyl (C=O) groups is 1. The molecule has 0 aliphatic carbocycles. The Morgan fingerprint density at radius 1 is 1.18 bits per heavy atom. The topological polar surface area (TPSA) is 76.7 Å². The molecular weight excluding hydrogens is 358 g/mol. The van der Waals surface area contributed by atoms with Gasteiger partial charge in [-0.3, -0.25) is 4.90 Å². The molecule has 0 saturated carbocycles. The Balaban J connectivity index is 1.81. The average Bonchev–Trinajstić information content (AvgIpc) is 3.09. The van der Waals surface area contributed by atoms with Gasteiger partial charge in [0.15, 0.2) is 0 Å². The van der Waals surface area contributed by atoms with Gasteiger partial charge in [-0.1, -0.05) is 0 Å². The van der Waals surface area contributed by atoms with Crippen LogP contribution in [0.25, 0.3) is 22.4 Å². The fourth-order valence-electron chi connectivity index (χ4n) is 3.46. The third kappa shape index (κ3) is 3.07. The van der Waals surface area contributed by atoms with Gasteiger partial charge in [0, 0.05) is 18.2 Å². The lowest BCUT2D eigenvalue weighted by atomic mass is 9.93. The van der Waals surface area contributed by atoms with E-state index in [0.717, 1.165) is 39.4 Å². The average molecular weight is 381 g/mol. The number of benzene rings is 2. The number of ether oxygens (including phenoxy) is 3. The molecule has 146 valence electrons. The molecule has 0 bridgehead atoms. The Morgan fingerprint density at radius 3 is 2.61 bits per heavy atom. The summed E-state index contributed by atoms with van der Waals surface area (Å²) in [5, 5.41) is 0. The Bertz CT molecular complexity index is 1020. The van der Waals surface area contributed by atoms with Crippen LogP contribution in [-0.4, -0.2) is 43.4 Å². The third-order valence-corrected chi connectivity index (χ3v) is 4.98. The van der Waals surface area contributed by atoms with Crippen molar-refractivity contribution in [3.8, 4) is 17.1 Å². The van der Waals surface area contributed by atoms with Crippen LogP contribution in [0, 0.1) is 0 Å². The molecule has 1 aliphatic heterocycles. The molecule has 2 aromatic carbocycles. The summed E-state index contributed by atoms with van der Waals surface area (Å²) < 4.78 is 16.0. The summed E-state index contributed by atoms with van der Waals surface area (Å²) in [4.78, 5) is 22.2. The zero-order valence-electron chi connectivity index (χ0n) is 16.4. The third-order valence-electron chi connectivity index (χ3n) is 4.98. The first-order valence-electron chi connectivity index (χ1n) is 9.11. The maximum atomic E-state index is 12.5. The van der Waals surface area contributed by atoms with Crippen molar-refractivity contribution in [1.29, 1.82) is 0 Å². The number of nitrogens with one attached hydrogen (secondary N) is 1. The van der Waals surface area contributed by atoms with E-state index >= 15 is 0 Å². The second-order valence-corrected chi connectivity index (χ2v) is 7.22. The van der Waals surface area contributed by atoms with Gasteiger partial charge < -0.3 is 19.2 Å². The fraction of sp³-hybridized carbons (Fsp3) is 0.333. The number of rotatable bonds is 5. The number of methoxy groups -OCH3 is 2. The molecule has 28 heavy (non-hydrogen) atoms. The van der Waals surface area contributed by atoms with Gasteiger partial charge in [0.1, 0.15) is 17.2 Å². The van der Waals surface area contributed by atoms with Crippen molar-refractivity contribution in [2.45, 2.75) is 19.4 Å². The number of aromatic amines is 1. The number of H-pyrrole nitrogens is 1. The van der Waals surface area contributed by atoms with Gasteiger partial charge >= 0.3 is 6.09 Å². The van der Waals surface area contributed by atoms with Crippen LogP contribution >= 0.6 is 0 Å². The van der Waals surface area contributed by atoms with E-state index in [4.69, 9.17) is 19.2 Å². The number of hydrogen-bond donors (Lipinski definition) is 1. The van der Waals surface area contributed by atoms with Crippen LogP contribution in [0.2, 0.25) is 0 Å². The number of nitrogens with zero attached hydrogens (tertiary/aromatic N) is 2. The first-order chi connectivity index (χ1) is 13.4. The fourth-order valence-corrected chi connectivity index (χ4v) is 3.46. The zero-order valence-corrected chi connectivity index (χ0v) is 16.4. The summed E-state index contributed by atoms with van der Waals surface area (Å²) in [5.74, 6) is 1.55. The van der Waals surface area contributed by atoms with E-state index in [1.54, 1.807) is 19.1 Å². The van der Waals surface area contributed by atoms with Crippen LogP contribution in [0.5, 0.6) is 5.75 Å². The van der Waals surface area contributed by atoms with Crippen molar-refractivity contribution in [2.75, 3.05) is 32.3 Å². The van der Waals surface area contributed by atoms with Crippen molar-refractivity contribution in [1.82, 2.24) is 9.97 Å². The molecule has 0 saturated heterocycles. The van der Waals surface area contributed by atoms with Crippen LogP contribution < -0.4 is 9.64 Å². The largest absolute Gasteiger partial charge is 0.497 e. The Morgan fingerprint density at radius 2 is 1.93 bits per heavy atom. The molecule has 3 aromatic rings. The van der Waals surface area contributed by atoms with Crippen LogP contribution in [0.3, 0.4) is 0 Å². The highest BCUT2D eigenvalue weighted by molar-refractivity contribution is 5.96. The number of fused-ring (bicyclic) bond motifs is 2. The molecule has 0 unspecified atom stereocenters. The minimum absolute atomic E-state index is 0.375. The zero-order chi connectivity index (χ0) is 19.9. The highest BCUT2D eigenvalue weighted by Crippen LogP contribution is 2.41. The molecule has 1 N–H and O–H groups in total. The van der Waals surface area contributed by atoms with Crippen molar-refractivity contribution in [2.24, 2.45) is 0 Å². The highest BCUT2D eigenvalue weighted by Gasteiger charge is 2.38. The number of amides is 1. The number of anilines is 1. The van der Waals surface area contributed by atoms with Gasteiger partial charge in [-0.2, -0.15) is 0 Å². The summed E-state index contributed by atoms with van der Waals surface area (Å²) in [6, 6.07) is 11.7. The van der Waals surface area contributed by atoms with E-state index in [1.165, 1.54) is 0 Å². The summed E-state index contributed by atoms with van der Waals surface area (Å²) in [6.07, 6.45) is -0.375. The molecule has 7 nitrogen and oxygen atoms in total. The summed E-state index contributed by atoms with van der Waals surface area (Å²) >= 11 is 0. The Labute approximate surface area is 163 Å². The number of carbonyl (C=O) groups excluding carboxylic acids is 1. The predicted octanol–water partition coefficient (Wildman–Crippen LogP) is 4.08. The van der Waals surface area contributed by atoms with Gasteiger partial charge in [-0.15, -0.1) is 0 Å². The molecular formula is C21H23N3O4. The summed E-state index contributed by atoms with van der Waals surface area (Å²) in [6.45, 7) is 4.62. The monoisotopic (exact) mass is 381 g/mol. The van der Waals surface area contributed by atoms with Gasteiger partial charge in [0.25, 0.3) is 0 Å². The van der Waals surface area contributed by atoms with Crippen molar-refractivity contribution in [3.05, 3.63) is 42.0 Å².